The third-order valence-corrected chi connectivity index (χ3v) is 6.53. The number of carbonyl (C=O) groups excluding carboxylic acids is 1. The highest BCUT2D eigenvalue weighted by Crippen LogP contribution is 2.24. The average molecular weight is 427 g/mol. The Labute approximate surface area is 192 Å². The second-order valence-corrected chi connectivity index (χ2v) is 8.90. The summed E-state index contributed by atoms with van der Waals surface area (Å²) in [5, 5.41) is 3.31. The third-order valence-electron chi connectivity index (χ3n) is 6.53. The Morgan fingerprint density at radius 1 is 0.812 bits per heavy atom. The van der Waals surface area contributed by atoms with E-state index in [0.29, 0.717) is 12.3 Å². The van der Waals surface area contributed by atoms with Gasteiger partial charge in [0.25, 0.3) is 0 Å². The number of piperidine rings is 1. The molecule has 0 aromatic heterocycles. The molecular formula is C29H34N2O. The number of nitrogens with zero attached hydrogens (tertiary/aromatic N) is 1. The number of hydrogen-bond acceptors (Lipinski definition) is 2. The van der Waals surface area contributed by atoms with Gasteiger partial charge in [-0.2, -0.15) is 0 Å². The maximum atomic E-state index is 13.0. The standard InChI is InChI=1S/C29H34N2O/c32-28(30-29(26-14-6-2-7-15-26)27-16-8-3-9-17-27)23-25-18-21-31(22-19-25)20-10-13-24-11-4-1-5-12-24/h1-9,11-12,14-17,25,29H,10,13,18-23H2,(H,30,32). The van der Waals surface area contributed by atoms with E-state index in [0.717, 1.165) is 50.0 Å². The van der Waals surface area contributed by atoms with Gasteiger partial charge in [-0.1, -0.05) is 91.0 Å². The van der Waals surface area contributed by atoms with Gasteiger partial charge in [-0.15, -0.1) is 0 Å². The Bertz CT molecular complexity index is 895. The van der Waals surface area contributed by atoms with Crippen molar-refractivity contribution >= 4 is 5.91 Å². The average Bonchev–Trinajstić information content (AvgIpc) is 2.85. The highest BCUT2D eigenvalue weighted by atomic mass is 16.1. The molecule has 4 rings (SSSR count). The maximum Gasteiger partial charge on any atom is 0.221 e. The lowest BCUT2D eigenvalue weighted by Crippen LogP contribution is -2.37. The zero-order valence-electron chi connectivity index (χ0n) is 18.8. The normalized spacial score (nSPS) is 15.0. The summed E-state index contributed by atoms with van der Waals surface area (Å²) in [5.74, 6) is 0.637. The lowest BCUT2D eigenvalue weighted by molar-refractivity contribution is -0.122. The van der Waals surface area contributed by atoms with Gasteiger partial charge >= 0.3 is 0 Å². The fourth-order valence-corrected chi connectivity index (χ4v) is 4.70. The van der Waals surface area contributed by atoms with E-state index in [2.05, 4.69) is 64.8 Å². The molecule has 0 spiro atoms. The molecule has 32 heavy (non-hydrogen) atoms. The molecule has 3 aromatic rings. The summed E-state index contributed by atoms with van der Waals surface area (Å²) in [7, 11) is 0. The van der Waals surface area contributed by atoms with Gasteiger partial charge in [0.05, 0.1) is 6.04 Å². The van der Waals surface area contributed by atoms with Crippen LogP contribution < -0.4 is 5.32 Å². The molecule has 3 heteroatoms. The summed E-state index contributed by atoms with van der Waals surface area (Å²) in [4.78, 5) is 15.5. The van der Waals surface area contributed by atoms with Gasteiger partial charge < -0.3 is 10.2 Å². The summed E-state index contributed by atoms with van der Waals surface area (Å²) in [6, 6.07) is 31.2. The van der Waals surface area contributed by atoms with Crippen LogP contribution in [0, 0.1) is 5.92 Å². The number of hydrogen-bond donors (Lipinski definition) is 1. The molecular weight excluding hydrogens is 392 g/mol. The Hall–Kier alpha value is -2.91. The first kappa shape index (κ1) is 22.3. The molecule has 1 fully saturated rings. The van der Waals surface area contributed by atoms with E-state index in [1.165, 1.54) is 12.0 Å². The predicted octanol–water partition coefficient (Wildman–Crippen LogP) is 5.63. The van der Waals surface area contributed by atoms with Crippen LogP contribution >= 0.6 is 0 Å². The first-order valence-corrected chi connectivity index (χ1v) is 11.9. The molecule has 1 aliphatic rings. The number of rotatable bonds is 9. The molecule has 0 unspecified atom stereocenters. The molecule has 1 N–H and O–H groups in total. The largest absolute Gasteiger partial charge is 0.345 e. The van der Waals surface area contributed by atoms with Crippen molar-refractivity contribution < 1.29 is 4.79 Å². The number of amides is 1. The van der Waals surface area contributed by atoms with Crippen LogP contribution in [0.1, 0.15) is 48.4 Å². The van der Waals surface area contributed by atoms with Crippen molar-refractivity contribution in [1.29, 1.82) is 0 Å². The molecule has 1 heterocycles. The van der Waals surface area contributed by atoms with Crippen LogP contribution in [0.25, 0.3) is 0 Å². The van der Waals surface area contributed by atoms with Crippen LogP contribution in [0.4, 0.5) is 0 Å². The van der Waals surface area contributed by atoms with Gasteiger partial charge in [0, 0.05) is 6.42 Å². The number of carbonyl (C=O) groups is 1. The lowest BCUT2D eigenvalue weighted by Gasteiger charge is -2.32. The van der Waals surface area contributed by atoms with Crippen LogP contribution in [-0.4, -0.2) is 30.4 Å². The smallest absolute Gasteiger partial charge is 0.221 e. The van der Waals surface area contributed by atoms with Crippen molar-refractivity contribution in [3.8, 4) is 0 Å². The second-order valence-electron chi connectivity index (χ2n) is 8.90. The Morgan fingerprint density at radius 3 is 1.91 bits per heavy atom. The molecule has 1 amide bonds. The molecule has 0 saturated carbocycles. The summed E-state index contributed by atoms with van der Waals surface area (Å²) >= 11 is 0. The van der Waals surface area contributed by atoms with E-state index in [4.69, 9.17) is 0 Å². The minimum atomic E-state index is -0.0945. The molecule has 0 atom stereocenters. The fraction of sp³-hybridized carbons (Fsp3) is 0.345. The second kappa shape index (κ2) is 11.6. The van der Waals surface area contributed by atoms with Gasteiger partial charge in [0.1, 0.15) is 0 Å². The van der Waals surface area contributed by atoms with Crippen LogP contribution in [0.15, 0.2) is 91.0 Å². The molecule has 0 radical (unpaired) electrons. The third kappa shape index (κ3) is 6.54. The predicted molar refractivity (Wildman–Crippen MR) is 131 cm³/mol. The van der Waals surface area contributed by atoms with Crippen LogP contribution in [0.2, 0.25) is 0 Å². The molecule has 1 aliphatic heterocycles. The fourth-order valence-electron chi connectivity index (χ4n) is 4.70. The molecule has 0 bridgehead atoms. The first-order valence-electron chi connectivity index (χ1n) is 11.9. The van der Waals surface area contributed by atoms with E-state index < -0.39 is 0 Å². The SMILES string of the molecule is O=C(CC1CCN(CCCc2ccccc2)CC1)NC(c1ccccc1)c1ccccc1. The highest BCUT2D eigenvalue weighted by Gasteiger charge is 2.23. The zero-order chi connectivity index (χ0) is 22.0. The van der Waals surface area contributed by atoms with Crippen LogP contribution in [0.5, 0.6) is 0 Å². The summed E-state index contributed by atoms with van der Waals surface area (Å²) < 4.78 is 0. The maximum absolute atomic E-state index is 13.0. The summed E-state index contributed by atoms with van der Waals surface area (Å²) in [6.45, 7) is 3.36. The minimum absolute atomic E-state index is 0.0945. The Balaban J connectivity index is 1.24. The molecule has 3 nitrogen and oxygen atoms in total. The molecule has 0 aliphatic carbocycles. The quantitative estimate of drug-likeness (QED) is 0.481. The van der Waals surface area contributed by atoms with Gasteiger partial charge in [-0.05, 0) is 67.9 Å². The zero-order valence-corrected chi connectivity index (χ0v) is 18.8. The van der Waals surface area contributed by atoms with Gasteiger partial charge in [0.15, 0.2) is 0 Å². The van der Waals surface area contributed by atoms with Crippen LogP contribution in [-0.2, 0) is 11.2 Å². The van der Waals surface area contributed by atoms with Crippen molar-refractivity contribution in [1.82, 2.24) is 10.2 Å². The first-order chi connectivity index (χ1) is 15.8. The van der Waals surface area contributed by atoms with E-state index in [9.17, 15) is 4.79 Å². The number of benzene rings is 3. The van der Waals surface area contributed by atoms with E-state index >= 15 is 0 Å². The molecule has 3 aromatic carbocycles. The van der Waals surface area contributed by atoms with Crippen molar-refractivity contribution in [2.24, 2.45) is 5.92 Å². The Kier molecular flexibility index (Phi) is 8.11. The lowest BCUT2D eigenvalue weighted by atomic mass is 9.92. The van der Waals surface area contributed by atoms with Gasteiger partial charge in [-0.25, -0.2) is 0 Å². The van der Waals surface area contributed by atoms with Gasteiger partial charge in [-0.3, -0.25) is 4.79 Å². The topological polar surface area (TPSA) is 32.3 Å². The van der Waals surface area contributed by atoms with Crippen molar-refractivity contribution in [2.45, 2.75) is 38.1 Å². The van der Waals surface area contributed by atoms with E-state index in [-0.39, 0.29) is 11.9 Å². The molecule has 166 valence electrons. The van der Waals surface area contributed by atoms with Crippen molar-refractivity contribution in [3.63, 3.8) is 0 Å². The number of nitrogens with one attached hydrogen (secondary N) is 1. The van der Waals surface area contributed by atoms with Crippen molar-refractivity contribution in [2.75, 3.05) is 19.6 Å². The summed E-state index contributed by atoms with van der Waals surface area (Å²) in [6.07, 6.45) is 5.18. The number of likely N-dealkylation sites (tertiary alicyclic amines) is 1. The van der Waals surface area contributed by atoms with Crippen molar-refractivity contribution in [3.05, 3.63) is 108 Å². The van der Waals surface area contributed by atoms with E-state index in [1.54, 1.807) is 0 Å². The Morgan fingerprint density at radius 2 is 1.34 bits per heavy atom. The molecule has 1 saturated heterocycles. The monoisotopic (exact) mass is 426 g/mol. The van der Waals surface area contributed by atoms with E-state index in [1.807, 2.05) is 36.4 Å². The number of aryl methyl sites for hydroxylation is 1. The van der Waals surface area contributed by atoms with Gasteiger partial charge in [0.2, 0.25) is 5.91 Å². The minimum Gasteiger partial charge on any atom is -0.345 e. The summed E-state index contributed by atoms with van der Waals surface area (Å²) in [5.41, 5.74) is 3.67. The highest BCUT2D eigenvalue weighted by molar-refractivity contribution is 5.77. The van der Waals surface area contributed by atoms with Crippen LogP contribution in [0.3, 0.4) is 0 Å².